The van der Waals surface area contributed by atoms with Gasteiger partial charge in [-0.2, -0.15) is 0 Å². The Morgan fingerprint density at radius 3 is 2.71 bits per heavy atom. The van der Waals surface area contributed by atoms with Crippen molar-refractivity contribution in [3.63, 3.8) is 0 Å². The number of nitrogens with one attached hydrogen (secondary N) is 1. The van der Waals surface area contributed by atoms with Crippen molar-refractivity contribution in [2.24, 2.45) is 5.92 Å². The summed E-state index contributed by atoms with van der Waals surface area (Å²) < 4.78 is 0. The highest BCUT2D eigenvalue weighted by Crippen LogP contribution is 2.18. The molecule has 3 heteroatoms. The lowest BCUT2D eigenvalue weighted by molar-refractivity contribution is -0.120. The largest absolute Gasteiger partial charge is 0.356 e. The van der Waals surface area contributed by atoms with Crippen LogP contribution in [0.4, 0.5) is 0 Å². The molecule has 0 radical (unpaired) electrons. The third-order valence-corrected chi connectivity index (χ3v) is 4.13. The molecule has 2 rings (SSSR count). The van der Waals surface area contributed by atoms with Crippen LogP contribution in [0.25, 0.3) is 10.8 Å². The monoisotopic (exact) mass is 303 g/mol. The van der Waals surface area contributed by atoms with E-state index >= 15 is 0 Å². The Labute approximate surface area is 131 Å². The van der Waals surface area contributed by atoms with Gasteiger partial charge in [0.15, 0.2) is 0 Å². The highest BCUT2D eigenvalue weighted by Gasteiger charge is 2.10. The summed E-state index contributed by atoms with van der Waals surface area (Å²) in [5.41, 5.74) is 1.08. The minimum absolute atomic E-state index is 0.0828. The van der Waals surface area contributed by atoms with Crippen LogP contribution in [0.3, 0.4) is 0 Å². The summed E-state index contributed by atoms with van der Waals surface area (Å²) in [6.45, 7) is 2.85. The number of hydrogen-bond acceptors (Lipinski definition) is 1. The van der Waals surface area contributed by atoms with Crippen LogP contribution in [0.2, 0.25) is 0 Å². The Hall–Kier alpha value is -1.54. The molecule has 2 aromatic rings. The van der Waals surface area contributed by atoms with Gasteiger partial charge in [-0.25, -0.2) is 0 Å². The van der Waals surface area contributed by atoms with Crippen LogP contribution >= 0.6 is 11.6 Å². The molecular weight excluding hydrogens is 282 g/mol. The van der Waals surface area contributed by atoms with Crippen LogP contribution in [-0.2, 0) is 11.2 Å². The number of rotatable bonds is 7. The molecule has 0 saturated carbocycles. The Morgan fingerprint density at radius 1 is 1.19 bits per heavy atom. The minimum Gasteiger partial charge on any atom is -0.356 e. The zero-order valence-electron chi connectivity index (χ0n) is 12.4. The lowest BCUT2D eigenvalue weighted by atomic mass is 10.0. The fourth-order valence-corrected chi connectivity index (χ4v) is 2.85. The van der Waals surface area contributed by atoms with E-state index in [1.165, 1.54) is 5.39 Å². The summed E-state index contributed by atoms with van der Waals surface area (Å²) in [7, 11) is 0. The summed E-state index contributed by atoms with van der Waals surface area (Å²) in [6.07, 6.45) is 2.42. The summed E-state index contributed by atoms with van der Waals surface area (Å²) in [5, 5.41) is 5.37. The van der Waals surface area contributed by atoms with Gasteiger partial charge in [-0.3, -0.25) is 4.79 Å². The van der Waals surface area contributed by atoms with E-state index in [9.17, 15) is 4.79 Å². The molecule has 112 valence electrons. The molecular formula is C18H22ClNO. The SMILES string of the molecule is CCC(CCCl)CNC(=O)Cc1cccc2ccccc12. The van der Waals surface area contributed by atoms with Gasteiger partial charge in [0.1, 0.15) is 0 Å². The maximum Gasteiger partial charge on any atom is 0.224 e. The molecule has 1 atom stereocenters. The number of benzene rings is 2. The number of carbonyl (C=O) groups is 1. The van der Waals surface area contributed by atoms with Crippen molar-refractivity contribution in [1.82, 2.24) is 5.32 Å². The molecule has 0 spiro atoms. The lowest BCUT2D eigenvalue weighted by Crippen LogP contribution is -2.30. The van der Waals surface area contributed by atoms with Gasteiger partial charge in [0.05, 0.1) is 6.42 Å². The predicted octanol–water partition coefficient (Wildman–Crippen LogP) is 4.15. The van der Waals surface area contributed by atoms with Gasteiger partial charge in [-0.1, -0.05) is 55.8 Å². The van der Waals surface area contributed by atoms with E-state index in [1.54, 1.807) is 0 Å². The van der Waals surface area contributed by atoms with E-state index in [1.807, 2.05) is 24.3 Å². The molecule has 0 saturated heterocycles. The highest BCUT2D eigenvalue weighted by molar-refractivity contribution is 6.17. The van der Waals surface area contributed by atoms with E-state index in [0.717, 1.165) is 23.8 Å². The van der Waals surface area contributed by atoms with Gasteiger partial charge in [0, 0.05) is 12.4 Å². The van der Waals surface area contributed by atoms with Crippen LogP contribution < -0.4 is 5.32 Å². The van der Waals surface area contributed by atoms with Crippen LogP contribution in [0.5, 0.6) is 0 Å². The topological polar surface area (TPSA) is 29.1 Å². The van der Waals surface area contributed by atoms with Gasteiger partial charge < -0.3 is 5.32 Å². The number of alkyl halides is 1. The molecule has 2 aromatic carbocycles. The van der Waals surface area contributed by atoms with E-state index < -0.39 is 0 Å². The molecule has 1 N–H and O–H groups in total. The Kier molecular flexibility index (Phi) is 6.06. The second-order valence-corrected chi connectivity index (χ2v) is 5.75. The van der Waals surface area contributed by atoms with Crippen LogP contribution in [0, 0.1) is 5.92 Å². The van der Waals surface area contributed by atoms with E-state index in [-0.39, 0.29) is 5.91 Å². The van der Waals surface area contributed by atoms with Crippen molar-refractivity contribution < 1.29 is 4.79 Å². The molecule has 1 unspecified atom stereocenters. The fraction of sp³-hybridized carbons (Fsp3) is 0.389. The highest BCUT2D eigenvalue weighted by atomic mass is 35.5. The molecule has 0 aliphatic carbocycles. The molecule has 21 heavy (non-hydrogen) atoms. The zero-order chi connectivity index (χ0) is 15.1. The molecule has 1 amide bonds. The van der Waals surface area contributed by atoms with Gasteiger partial charge >= 0.3 is 0 Å². The molecule has 0 fully saturated rings. The first-order chi connectivity index (χ1) is 10.2. The Bertz CT molecular complexity index is 591. The van der Waals surface area contributed by atoms with Gasteiger partial charge in [-0.05, 0) is 28.7 Å². The van der Waals surface area contributed by atoms with Crippen molar-refractivity contribution in [2.45, 2.75) is 26.2 Å². The summed E-state index contributed by atoms with van der Waals surface area (Å²) in [4.78, 5) is 12.1. The predicted molar refractivity (Wildman–Crippen MR) is 89.8 cm³/mol. The second kappa shape index (κ2) is 8.04. The third-order valence-electron chi connectivity index (χ3n) is 3.91. The summed E-state index contributed by atoms with van der Waals surface area (Å²) >= 11 is 5.77. The second-order valence-electron chi connectivity index (χ2n) is 5.37. The maximum atomic E-state index is 12.1. The lowest BCUT2D eigenvalue weighted by Gasteiger charge is -2.14. The van der Waals surface area contributed by atoms with E-state index in [2.05, 4.69) is 30.4 Å². The number of amides is 1. The number of hydrogen-bond donors (Lipinski definition) is 1. The molecule has 0 aliphatic rings. The van der Waals surface area contributed by atoms with Gasteiger partial charge in [-0.15, -0.1) is 11.6 Å². The van der Waals surface area contributed by atoms with Crippen molar-refractivity contribution in [2.75, 3.05) is 12.4 Å². The molecule has 0 heterocycles. The summed E-state index contributed by atoms with van der Waals surface area (Å²) in [6, 6.07) is 14.3. The molecule has 0 aliphatic heterocycles. The first-order valence-electron chi connectivity index (χ1n) is 7.54. The average Bonchev–Trinajstić information content (AvgIpc) is 2.52. The third kappa shape index (κ3) is 4.47. The fourth-order valence-electron chi connectivity index (χ4n) is 2.55. The first kappa shape index (κ1) is 15.8. The van der Waals surface area contributed by atoms with Crippen molar-refractivity contribution in [3.8, 4) is 0 Å². The van der Waals surface area contributed by atoms with Crippen LogP contribution in [0.15, 0.2) is 42.5 Å². The smallest absolute Gasteiger partial charge is 0.224 e. The first-order valence-corrected chi connectivity index (χ1v) is 8.07. The maximum absolute atomic E-state index is 12.1. The van der Waals surface area contributed by atoms with Crippen LogP contribution in [-0.4, -0.2) is 18.3 Å². The average molecular weight is 304 g/mol. The molecule has 2 nitrogen and oxygen atoms in total. The number of fused-ring (bicyclic) bond motifs is 1. The quantitative estimate of drug-likeness (QED) is 0.765. The standard InChI is InChI=1S/C18H22ClNO/c1-2-14(10-11-19)13-20-18(21)12-16-8-5-7-15-6-3-4-9-17(15)16/h3-9,14H,2,10-13H2,1H3,(H,20,21). The normalized spacial score (nSPS) is 12.3. The van der Waals surface area contributed by atoms with E-state index in [0.29, 0.717) is 24.8 Å². The number of halogens is 1. The minimum atomic E-state index is 0.0828. The van der Waals surface area contributed by atoms with Crippen molar-refractivity contribution in [1.29, 1.82) is 0 Å². The Morgan fingerprint density at radius 2 is 1.95 bits per heavy atom. The summed E-state index contributed by atoms with van der Waals surface area (Å²) in [5.74, 6) is 1.20. The van der Waals surface area contributed by atoms with Gasteiger partial charge in [0.2, 0.25) is 5.91 Å². The zero-order valence-corrected chi connectivity index (χ0v) is 13.2. The molecule has 0 aromatic heterocycles. The molecule has 0 bridgehead atoms. The Balaban J connectivity index is 1.98. The van der Waals surface area contributed by atoms with E-state index in [4.69, 9.17) is 11.6 Å². The van der Waals surface area contributed by atoms with Gasteiger partial charge in [0.25, 0.3) is 0 Å². The van der Waals surface area contributed by atoms with Crippen molar-refractivity contribution in [3.05, 3.63) is 48.0 Å². The van der Waals surface area contributed by atoms with Crippen LogP contribution in [0.1, 0.15) is 25.3 Å². The number of carbonyl (C=O) groups excluding carboxylic acids is 1. The van der Waals surface area contributed by atoms with Crippen molar-refractivity contribution >= 4 is 28.3 Å².